The summed E-state index contributed by atoms with van der Waals surface area (Å²) in [4.78, 5) is 14.8. The van der Waals surface area contributed by atoms with Gasteiger partial charge in [-0.15, -0.1) is 11.3 Å². The van der Waals surface area contributed by atoms with Crippen LogP contribution in [0.5, 0.6) is 0 Å². The number of carbonyl (C=O) groups excluding carboxylic acids is 1. The molecular formula is C18H24N2OS. The topological polar surface area (TPSA) is 46.3 Å². The van der Waals surface area contributed by atoms with Crippen molar-refractivity contribution in [2.75, 3.05) is 18.8 Å². The number of rotatable bonds is 6. The van der Waals surface area contributed by atoms with Gasteiger partial charge in [0.05, 0.1) is 10.6 Å². The predicted octanol–water partition coefficient (Wildman–Crippen LogP) is 4.57. The third-order valence-corrected chi connectivity index (χ3v) is 4.48. The molecule has 0 aliphatic rings. The fraction of sp³-hybridized carbons (Fsp3) is 0.389. The third kappa shape index (κ3) is 3.50. The van der Waals surface area contributed by atoms with Crippen molar-refractivity contribution in [3.05, 3.63) is 40.8 Å². The largest absolute Gasteiger partial charge is 0.390 e. The normalized spacial score (nSPS) is 10.7. The Balaban J connectivity index is 2.40. The van der Waals surface area contributed by atoms with Gasteiger partial charge in [0, 0.05) is 24.0 Å². The van der Waals surface area contributed by atoms with Crippen LogP contribution in [0.4, 0.5) is 5.00 Å². The zero-order valence-electron chi connectivity index (χ0n) is 13.6. The molecule has 0 saturated heterocycles. The summed E-state index contributed by atoms with van der Waals surface area (Å²) < 4.78 is 0. The molecule has 3 nitrogen and oxygen atoms in total. The molecule has 2 aromatic rings. The lowest BCUT2D eigenvalue weighted by Gasteiger charge is -2.22. The summed E-state index contributed by atoms with van der Waals surface area (Å²) in [6.07, 6.45) is 1.91. The minimum atomic E-state index is 0.0537. The van der Waals surface area contributed by atoms with Crippen LogP contribution in [-0.4, -0.2) is 23.9 Å². The maximum Gasteiger partial charge on any atom is 0.257 e. The highest BCUT2D eigenvalue weighted by molar-refractivity contribution is 7.15. The van der Waals surface area contributed by atoms with Crippen molar-refractivity contribution in [1.29, 1.82) is 0 Å². The van der Waals surface area contributed by atoms with E-state index in [4.69, 9.17) is 5.73 Å². The highest BCUT2D eigenvalue weighted by atomic mass is 32.1. The van der Waals surface area contributed by atoms with E-state index in [1.807, 2.05) is 10.3 Å². The van der Waals surface area contributed by atoms with Crippen LogP contribution >= 0.6 is 11.3 Å². The molecule has 0 radical (unpaired) electrons. The first-order valence-corrected chi connectivity index (χ1v) is 8.69. The molecule has 0 bridgehead atoms. The number of nitrogens with two attached hydrogens (primary N) is 1. The SMILES string of the molecule is CCCN(CCC)C(=O)c1c(-c2ccc(C)cc2)csc1N. The van der Waals surface area contributed by atoms with E-state index in [2.05, 4.69) is 45.0 Å². The van der Waals surface area contributed by atoms with E-state index in [0.717, 1.165) is 37.1 Å². The maximum atomic E-state index is 12.9. The predicted molar refractivity (Wildman–Crippen MR) is 95.4 cm³/mol. The molecule has 2 N–H and O–H groups in total. The first kappa shape index (κ1) is 16.6. The van der Waals surface area contributed by atoms with E-state index < -0.39 is 0 Å². The lowest BCUT2D eigenvalue weighted by atomic mass is 10.0. The second-order valence-corrected chi connectivity index (χ2v) is 6.46. The number of nitrogens with zero attached hydrogens (tertiary/aromatic N) is 1. The van der Waals surface area contributed by atoms with E-state index >= 15 is 0 Å². The van der Waals surface area contributed by atoms with Gasteiger partial charge >= 0.3 is 0 Å². The van der Waals surface area contributed by atoms with Crippen LogP contribution < -0.4 is 5.73 Å². The van der Waals surface area contributed by atoms with Gasteiger partial charge < -0.3 is 10.6 Å². The van der Waals surface area contributed by atoms with Crippen LogP contribution in [0.15, 0.2) is 29.6 Å². The van der Waals surface area contributed by atoms with E-state index in [9.17, 15) is 4.79 Å². The number of amides is 1. The van der Waals surface area contributed by atoms with Gasteiger partial charge in [0.2, 0.25) is 0 Å². The number of hydrogen-bond acceptors (Lipinski definition) is 3. The Labute approximate surface area is 136 Å². The molecule has 0 aliphatic heterocycles. The summed E-state index contributed by atoms with van der Waals surface area (Å²) >= 11 is 1.44. The average molecular weight is 316 g/mol. The van der Waals surface area contributed by atoms with Crippen molar-refractivity contribution < 1.29 is 4.79 Å². The minimum Gasteiger partial charge on any atom is -0.390 e. The highest BCUT2D eigenvalue weighted by Crippen LogP contribution is 2.34. The summed E-state index contributed by atoms with van der Waals surface area (Å²) in [6, 6.07) is 8.23. The Bertz CT molecular complexity index is 625. The van der Waals surface area contributed by atoms with E-state index in [1.54, 1.807) is 0 Å². The molecule has 0 atom stereocenters. The molecule has 0 aliphatic carbocycles. The molecule has 22 heavy (non-hydrogen) atoms. The average Bonchev–Trinajstić information content (AvgIpc) is 2.89. The Morgan fingerprint density at radius 2 is 1.73 bits per heavy atom. The van der Waals surface area contributed by atoms with E-state index in [0.29, 0.717) is 10.6 Å². The molecule has 0 spiro atoms. The third-order valence-electron chi connectivity index (χ3n) is 3.67. The van der Waals surface area contributed by atoms with Crippen LogP contribution in [0.1, 0.15) is 42.6 Å². The van der Waals surface area contributed by atoms with Crippen molar-refractivity contribution in [1.82, 2.24) is 4.90 Å². The Kier molecular flexibility index (Phi) is 5.61. The molecule has 0 saturated carbocycles. The molecule has 0 fully saturated rings. The fourth-order valence-corrected chi connectivity index (χ4v) is 3.37. The van der Waals surface area contributed by atoms with Gasteiger partial charge in [0.1, 0.15) is 0 Å². The lowest BCUT2D eigenvalue weighted by Crippen LogP contribution is -2.33. The standard InChI is InChI=1S/C18H24N2OS/c1-4-10-20(11-5-2)18(21)16-15(12-22-17(16)19)14-8-6-13(3)7-9-14/h6-9,12H,4-5,10-11,19H2,1-3H3. The van der Waals surface area contributed by atoms with Gasteiger partial charge in [-0.3, -0.25) is 4.79 Å². The summed E-state index contributed by atoms with van der Waals surface area (Å²) in [6.45, 7) is 7.79. The second-order valence-electron chi connectivity index (χ2n) is 5.55. The molecule has 118 valence electrons. The van der Waals surface area contributed by atoms with Gasteiger partial charge in [-0.05, 0) is 25.3 Å². The van der Waals surface area contributed by atoms with Gasteiger partial charge in [0.25, 0.3) is 5.91 Å². The number of anilines is 1. The smallest absolute Gasteiger partial charge is 0.257 e. The molecule has 1 heterocycles. The molecule has 1 amide bonds. The summed E-state index contributed by atoms with van der Waals surface area (Å²) in [5.74, 6) is 0.0537. The Morgan fingerprint density at radius 1 is 1.14 bits per heavy atom. The molecule has 1 aromatic carbocycles. The number of nitrogen functional groups attached to an aromatic ring is 1. The highest BCUT2D eigenvalue weighted by Gasteiger charge is 2.22. The molecule has 0 unspecified atom stereocenters. The van der Waals surface area contributed by atoms with Crippen LogP contribution in [0.25, 0.3) is 11.1 Å². The quantitative estimate of drug-likeness (QED) is 0.848. The number of thiophene rings is 1. The van der Waals surface area contributed by atoms with Crippen molar-refractivity contribution in [3.8, 4) is 11.1 Å². The van der Waals surface area contributed by atoms with Gasteiger partial charge in [-0.25, -0.2) is 0 Å². The van der Waals surface area contributed by atoms with Gasteiger partial charge in [-0.2, -0.15) is 0 Å². The second kappa shape index (κ2) is 7.45. The maximum absolute atomic E-state index is 12.9. The summed E-state index contributed by atoms with van der Waals surface area (Å²) in [7, 11) is 0. The molecule has 1 aromatic heterocycles. The van der Waals surface area contributed by atoms with Crippen LogP contribution in [0, 0.1) is 6.92 Å². The number of carbonyl (C=O) groups is 1. The van der Waals surface area contributed by atoms with Crippen molar-refractivity contribution in [3.63, 3.8) is 0 Å². The Hall–Kier alpha value is -1.81. The molecular weight excluding hydrogens is 292 g/mol. The number of hydrogen-bond donors (Lipinski definition) is 1. The van der Waals surface area contributed by atoms with Crippen LogP contribution in [-0.2, 0) is 0 Å². The minimum absolute atomic E-state index is 0.0537. The number of benzene rings is 1. The van der Waals surface area contributed by atoms with Crippen LogP contribution in [0.2, 0.25) is 0 Å². The van der Waals surface area contributed by atoms with Crippen molar-refractivity contribution in [2.45, 2.75) is 33.6 Å². The zero-order chi connectivity index (χ0) is 16.1. The summed E-state index contributed by atoms with van der Waals surface area (Å²) in [5, 5.41) is 2.60. The number of aryl methyl sites for hydroxylation is 1. The Morgan fingerprint density at radius 3 is 2.27 bits per heavy atom. The fourth-order valence-electron chi connectivity index (χ4n) is 2.55. The first-order chi connectivity index (χ1) is 10.6. The lowest BCUT2D eigenvalue weighted by molar-refractivity contribution is 0.0758. The van der Waals surface area contributed by atoms with Crippen molar-refractivity contribution in [2.24, 2.45) is 0 Å². The van der Waals surface area contributed by atoms with Gasteiger partial charge in [-0.1, -0.05) is 43.7 Å². The van der Waals surface area contributed by atoms with Crippen LogP contribution in [0.3, 0.4) is 0 Å². The monoisotopic (exact) mass is 316 g/mol. The molecule has 2 rings (SSSR count). The van der Waals surface area contributed by atoms with E-state index in [1.165, 1.54) is 16.9 Å². The van der Waals surface area contributed by atoms with Crippen molar-refractivity contribution >= 4 is 22.2 Å². The van der Waals surface area contributed by atoms with Gasteiger partial charge in [0.15, 0.2) is 0 Å². The van der Waals surface area contributed by atoms with E-state index in [-0.39, 0.29) is 5.91 Å². The summed E-state index contributed by atoms with van der Waals surface area (Å²) in [5.41, 5.74) is 9.98. The zero-order valence-corrected chi connectivity index (χ0v) is 14.4. The first-order valence-electron chi connectivity index (χ1n) is 7.81. The molecule has 4 heteroatoms.